The number of aryl methyl sites for hydroxylation is 1. The van der Waals surface area contributed by atoms with Crippen LogP contribution in [-0.2, 0) is 11.2 Å². The Hall–Kier alpha value is -2.94. The quantitative estimate of drug-likeness (QED) is 0.691. The van der Waals surface area contributed by atoms with E-state index in [0.29, 0.717) is 12.1 Å². The molecule has 1 aliphatic rings. The van der Waals surface area contributed by atoms with E-state index < -0.39 is 5.82 Å². The van der Waals surface area contributed by atoms with E-state index in [1.807, 2.05) is 19.1 Å². The van der Waals surface area contributed by atoms with Crippen LogP contribution in [-0.4, -0.2) is 51.3 Å². The molecular formula is C18H16FN5O2S. The smallest absolute Gasteiger partial charge is 0.254 e. The lowest BCUT2D eigenvalue weighted by Crippen LogP contribution is -2.52. The number of anilines is 1. The standard InChI is InChI=1S/C18H16FN5O2S/c1-2-15-22-13-4-3-11(7-14(13)27-15)17(26)23-5-6-24(16(25)10-23)18-20-8-12(19)9-21-18/h3-4,7-9H,2,5-6,10H2,1H3. The number of nitrogens with zero attached hydrogens (tertiary/aromatic N) is 5. The molecule has 9 heteroatoms. The number of hydrogen-bond donors (Lipinski definition) is 0. The third-order valence-electron chi connectivity index (χ3n) is 4.34. The Morgan fingerprint density at radius 2 is 2.04 bits per heavy atom. The summed E-state index contributed by atoms with van der Waals surface area (Å²) in [6, 6.07) is 5.40. The highest BCUT2D eigenvalue weighted by Gasteiger charge is 2.30. The van der Waals surface area contributed by atoms with Gasteiger partial charge in [-0.3, -0.25) is 14.5 Å². The van der Waals surface area contributed by atoms with E-state index in [1.54, 1.807) is 17.4 Å². The van der Waals surface area contributed by atoms with E-state index in [9.17, 15) is 14.0 Å². The average molecular weight is 385 g/mol. The molecule has 0 N–H and O–H groups in total. The van der Waals surface area contributed by atoms with Gasteiger partial charge in [0.2, 0.25) is 11.9 Å². The SMILES string of the molecule is CCc1nc2ccc(C(=O)N3CCN(c4ncc(F)cn4)C(=O)C3)cc2s1. The van der Waals surface area contributed by atoms with Gasteiger partial charge in [-0.2, -0.15) is 0 Å². The monoisotopic (exact) mass is 385 g/mol. The van der Waals surface area contributed by atoms with Crippen molar-refractivity contribution in [1.82, 2.24) is 19.9 Å². The molecule has 0 saturated carbocycles. The van der Waals surface area contributed by atoms with E-state index in [4.69, 9.17) is 0 Å². The van der Waals surface area contributed by atoms with Gasteiger partial charge in [-0.15, -0.1) is 11.3 Å². The largest absolute Gasteiger partial charge is 0.328 e. The topological polar surface area (TPSA) is 79.3 Å². The van der Waals surface area contributed by atoms with Gasteiger partial charge in [-0.05, 0) is 24.6 Å². The van der Waals surface area contributed by atoms with Crippen LogP contribution in [0.1, 0.15) is 22.3 Å². The predicted molar refractivity (Wildman–Crippen MR) is 99.2 cm³/mol. The maximum atomic E-state index is 13.0. The third kappa shape index (κ3) is 3.37. The molecule has 1 fully saturated rings. The first-order chi connectivity index (χ1) is 13.0. The van der Waals surface area contributed by atoms with Crippen LogP contribution in [0.4, 0.5) is 10.3 Å². The Balaban J connectivity index is 1.50. The van der Waals surface area contributed by atoms with Gasteiger partial charge < -0.3 is 4.90 Å². The minimum absolute atomic E-state index is 0.0689. The number of amides is 2. The van der Waals surface area contributed by atoms with Gasteiger partial charge in [0.25, 0.3) is 5.91 Å². The molecule has 27 heavy (non-hydrogen) atoms. The van der Waals surface area contributed by atoms with Crippen molar-refractivity contribution >= 4 is 39.3 Å². The van der Waals surface area contributed by atoms with Crippen LogP contribution in [0.25, 0.3) is 10.2 Å². The lowest BCUT2D eigenvalue weighted by molar-refractivity contribution is -0.120. The highest BCUT2D eigenvalue weighted by atomic mass is 32.1. The van der Waals surface area contributed by atoms with Gasteiger partial charge in [0.05, 0.1) is 27.6 Å². The number of halogens is 1. The number of benzene rings is 1. The van der Waals surface area contributed by atoms with Gasteiger partial charge in [-0.25, -0.2) is 19.3 Å². The highest BCUT2D eigenvalue weighted by molar-refractivity contribution is 7.18. The lowest BCUT2D eigenvalue weighted by Gasteiger charge is -2.33. The molecule has 1 aliphatic heterocycles. The molecule has 0 unspecified atom stereocenters. The Morgan fingerprint density at radius 1 is 1.26 bits per heavy atom. The molecule has 138 valence electrons. The maximum Gasteiger partial charge on any atom is 0.254 e. The maximum absolute atomic E-state index is 13.0. The van der Waals surface area contributed by atoms with Crippen LogP contribution in [0.15, 0.2) is 30.6 Å². The summed E-state index contributed by atoms with van der Waals surface area (Å²) >= 11 is 1.57. The van der Waals surface area contributed by atoms with Crippen molar-refractivity contribution < 1.29 is 14.0 Å². The molecule has 2 amide bonds. The number of carbonyl (C=O) groups excluding carboxylic acids is 2. The summed E-state index contributed by atoms with van der Waals surface area (Å²) in [5.74, 6) is -0.916. The van der Waals surface area contributed by atoms with Gasteiger partial charge in [0.1, 0.15) is 6.54 Å². The number of carbonyl (C=O) groups is 2. The van der Waals surface area contributed by atoms with Crippen LogP contribution < -0.4 is 4.90 Å². The molecule has 1 aromatic carbocycles. The van der Waals surface area contributed by atoms with Crippen molar-refractivity contribution in [3.8, 4) is 0 Å². The summed E-state index contributed by atoms with van der Waals surface area (Å²) in [5, 5.41) is 1.03. The zero-order chi connectivity index (χ0) is 19.0. The normalized spacial score (nSPS) is 14.8. The van der Waals surface area contributed by atoms with Gasteiger partial charge in [0.15, 0.2) is 5.82 Å². The second-order valence-electron chi connectivity index (χ2n) is 6.12. The minimum Gasteiger partial charge on any atom is -0.328 e. The second-order valence-corrected chi connectivity index (χ2v) is 7.23. The van der Waals surface area contributed by atoms with Gasteiger partial charge in [0, 0.05) is 18.7 Å². The predicted octanol–water partition coefficient (Wildman–Crippen LogP) is 2.28. The molecule has 3 aromatic rings. The Morgan fingerprint density at radius 3 is 2.74 bits per heavy atom. The Kier molecular flexibility index (Phi) is 4.53. The van der Waals surface area contributed by atoms with Crippen LogP contribution in [0.5, 0.6) is 0 Å². The van der Waals surface area contributed by atoms with Gasteiger partial charge >= 0.3 is 0 Å². The summed E-state index contributed by atoms with van der Waals surface area (Å²) in [6.45, 7) is 2.59. The van der Waals surface area contributed by atoms with E-state index in [1.165, 1.54) is 9.80 Å². The molecule has 2 aromatic heterocycles. The fourth-order valence-electron chi connectivity index (χ4n) is 2.94. The summed E-state index contributed by atoms with van der Waals surface area (Å²) in [4.78, 5) is 40.3. The summed E-state index contributed by atoms with van der Waals surface area (Å²) in [7, 11) is 0. The number of hydrogen-bond acceptors (Lipinski definition) is 6. The fraction of sp³-hybridized carbons (Fsp3) is 0.278. The molecule has 0 spiro atoms. The lowest BCUT2D eigenvalue weighted by atomic mass is 10.1. The zero-order valence-corrected chi connectivity index (χ0v) is 15.4. The van der Waals surface area contributed by atoms with E-state index in [0.717, 1.165) is 34.0 Å². The Bertz CT molecular complexity index is 1020. The van der Waals surface area contributed by atoms with Gasteiger partial charge in [-0.1, -0.05) is 6.92 Å². The molecule has 4 rings (SSSR count). The zero-order valence-electron chi connectivity index (χ0n) is 14.6. The molecule has 0 atom stereocenters. The molecule has 0 aliphatic carbocycles. The number of fused-ring (bicyclic) bond motifs is 1. The number of rotatable bonds is 3. The summed E-state index contributed by atoms with van der Waals surface area (Å²) in [5.41, 5.74) is 1.41. The number of thiazole rings is 1. The molecule has 1 saturated heterocycles. The molecular weight excluding hydrogens is 369 g/mol. The minimum atomic E-state index is -0.565. The van der Waals surface area contributed by atoms with Crippen molar-refractivity contribution in [2.24, 2.45) is 0 Å². The average Bonchev–Trinajstić information content (AvgIpc) is 3.10. The molecule has 3 heterocycles. The van der Waals surface area contributed by atoms with Crippen molar-refractivity contribution in [2.75, 3.05) is 24.5 Å². The Labute approximate surface area is 158 Å². The van der Waals surface area contributed by atoms with Crippen molar-refractivity contribution in [3.05, 3.63) is 47.0 Å². The van der Waals surface area contributed by atoms with Crippen molar-refractivity contribution in [2.45, 2.75) is 13.3 Å². The highest BCUT2D eigenvalue weighted by Crippen LogP contribution is 2.24. The van der Waals surface area contributed by atoms with Crippen molar-refractivity contribution in [3.63, 3.8) is 0 Å². The molecule has 7 nitrogen and oxygen atoms in total. The number of piperazine rings is 1. The molecule has 0 radical (unpaired) electrons. The molecule has 0 bridgehead atoms. The first-order valence-electron chi connectivity index (χ1n) is 8.52. The van der Waals surface area contributed by atoms with Crippen LogP contribution in [0.2, 0.25) is 0 Å². The summed E-state index contributed by atoms with van der Waals surface area (Å²) < 4.78 is 13.9. The van der Waals surface area contributed by atoms with Crippen LogP contribution in [0, 0.1) is 5.82 Å². The van der Waals surface area contributed by atoms with E-state index in [-0.39, 0.29) is 30.9 Å². The van der Waals surface area contributed by atoms with Crippen LogP contribution in [0.3, 0.4) is 0 Å². The fourth-order valence-corrected chi connectivity index (χ4v) is 3.89. The van der Waals surface area contributed by atoms with Crippen LogP contribution >= 0.6 is 11.3 Å². The van der Waals surface area contributed by atoms with E-state index in [2.05, 4.69) is 15.0 Å². The first-order valence-corrected chi connectivity index (χ1v) is 9.33. The number of aromatic nitrogens is 3. The third-order valence-corrected chi connectivity index (χ3v) is 5.50. The second kappa shape index (κ2) is 6.99. The summed E-state index contributed by atoms with van der Waals surface area (Å²) in [6.07, 6.45) is 2.88. The first kappa shape index (κ1) is 17.5. The van der Waals surface area contributed by atoms with E-state index >= 15 is 0 Å². The van der Waals surface area contributed by atoms with Crippen molar-refractivity contribution in [1.29, 1.82) is 0 Å².